The van der Waals surface area contributed by atoms with E-state index in [1.165, 1.54) is 0 Å². The van der Waals surface area contributed by atoms with Gasteiger partial charge in [-0.3, -0.25) is 4.21 Å². The Labute approximate surface area is 151 Å². The second kappa shape index (κ2) is 10.9. The van der Waals surface area contributed by atoms with Crippen LogP contribution in [0.4, 0.5) is 10.5 Å². The van der Waals surface area contributed by atoms with E-state index >= 15 is 0 Å². The van der Waals surface area contributed by atoms with Crippen molar-refractivity contribution >= 4 is 23.0 Å². The molecule has 25 heavy (non-hydrogen) atoms. The Morgan fingerprint density at radius 1 is 1.12 bits per heavy atom. The van der Waals surface area contributed by atoms with E-state index in [0.29, 0.717) is 24.6 Å². The third-order valence-corrected chi connectivity index (χ3v) is 3.47. The Bertz CT molecular complexity index is 543. The SMILES string of the molecule is CC(C)(C)OC(=O)NCCCCCCOc1ccc(NS(=O)[O-])cc1. The van der Waals surface area contributed by atoms with Crippen molar-refractivity contribution in [1.82, 2.24) is 5.32 Å². The molecule has 0 saturated carbocycles. The molecular weight excluding hydrogens is 344 g/mol. The molecule has 0 radical (unpaired) electrons. The molecule has 2 N–H and O–H groups in total. The Morgan fingerprint density at radius 2 is 1.76 bits per heavy atom. The van der Waals surface area contributed by atoms with Gasteiger partial charge < -0.3 is 24.1 Å². The van der Waals surface area contributed by atoms with E-state index in [4.69, 9.17) is 9.47 Å². The topological polar surface area (TPSA) is 99.7 Å². The van der Waals surface area contributed by atoms with Crippen molar-refractivity contribution in [3.8, 4) is 5.75 Å². The van der Waals surface area contributed by atoms with Crippen LogP contribution in [0.3, 0.4) is 0 Å². The molecule has 1 aromatic rings. The van der Waals surface area contributed by atoms with Crippen molar-refractivity contribution in [2.45, 2.75) is 52.1 Å². The molecule has 0 aliphatic heterocycles. The number of alkyl carbamates (subject to hydrolysis) is 1. The van der Waals surface area contributed by atoms with Crippen LogP contribution in [0.25, 0.3) is 0 Å². The zero-order valence-corrected chi connectivity index (χ0v) is 15.8. The van der Waals surface area contributed by atoms with Gasteiger partial charge in [-0.15, -0.1) is 0 Å². The van der Waals surface area contributed by atoms with Gasteiger partial charge in [0.15, 0.2) is 0 Å². The van der Waals surface area contributed by atoms with Gasteiger partial charge in [0.25, 0.3) is 0 Å². The molecule has 0 aliphatic carbocycles. The van der Waals surface area contributed by atoms with Crippen LogP contribution in [0.1, 0.15) is 46.5 Å². The Balaban J connectivity index is 2.03. The fraction of sp³-hybridized carbons (Fsp3) is 0.588. The normalized spacial score (nSPS) is 12.3. The fourth-order valence-corrected chi connectivity index (χ4v) is 2.32. The third-order valence-electron chi connectivity index (χ3n) is 3.06. The summed E-state index contributed by atoms with van der Waals surface area (Å²) in [5, 5.41) is 2.73. The summed E-state index contributed by atoms with van der Waals surface area (Å²) in [6.45, 7) is 6.70. The minimum Gasteiger partial charge on any atom is -0.755 e. The molecule has 1 unspecified atom stereocenters. The predicted octanol–water partition coefficient (Wildman–Crippen LogP) is 3.36. The van der Waals surface area contributed by atoms with E-state index in [-0.39, 0.29) is 6.09 Å². The van der Waals surface area contributed by atoms with E-state index in [9.17, 15) is 13.6 Å². The molecule has 0 fully saturated rings. The number of carbonyl (C=O) groups is 1. The van der Waals surface area contributed by atoms with Crippen LogP contribution in [0.15, 0.2) is 24.3 Å². The molecule has 0 aromatic heterocycles. The smallest absolute Gasteiger partial charge is 0.407 e. The van der Waals surface area contributed by atoms with Crippen molar-refractivity contribution < 1.29 is 23.0 Å². The first kappa shape index (κ1) is 21.2. The number of hydrogen-bond acceptors (Lipinski definition) is 5. The van der Waals surface area contributed by atoms with Gasteiger partial charge in [-0.1, -0.05) is 12.8 Å². The van der Waals surface area contributed by atoms with Crippen LogP contribution in [-0.4, -0.2) is 33.6 Å². The lowest BCUT2D eigenvalue weighted by Crippen LogP contribution is -2.32. The Hall–Kier alpha value is -1.80. The standard InChI is InChI=1S/C17H28N2O5S/c1-17(2,3)24-16(20)18-12-6-4-5-7-13-23-15-10-8-14(9-11-15)19-25(21)22/h8-11,19H,4-7,12-13H2,1-3H3,(H,18,20)(H,21,22)/p-1. The molecule has 142 valence electrons. The van der Waals surface area contributed by atoms with Crippen molar-refractivity contribution in [2.24, 2.45) is 0 Å². The van der Waals surface area contributed by atoms with Crippen LogP contribution in [0.2, 0.25) is 0 Å². The molecule has 1 amide bonds. The van der Waals surface area contributed by atoms with Crippen LogP contribution < -0.4 is 14.8 Å². The van der Waals surface area contributed by atoms with Crippen molar-refractivity contribution in [2.75, 3.05) is 17.9 Å². The number of rotatable bonds is 10. The van der Waals surface area contributed by atoms with Gasteiger partial charge >= 0.3 is 6.09 Å². The first-order chi connectivity index (χ1) is 11.8. The molecule has 0 heterocycles. The first-order valence-corrected chi connectivity index (χ1v) is 9.39. The van der Waals surface area contributed by atoms with Crippen LogP contribution in [0.5, 0.6) is 5.75 Å². The lowest BCUT2D eigenvalue weighted by molar-refractivity contribution is 0.0527. The summed E-state index contributed by atoms with van der Waals surface area (Å²) in [5.41, 5.74) is 0.0278. The molecule has 0 aliphatic rings. The highest BCUT2D eigenvalue weighted by molar-refractivity contribution is 7.80. The second-order valence-corrected chi connectivity index (χ2v) is 7.23. The highest BCUT2D eigenvalue weighted by Gasteiger charge is 2.15. The molecular formula is C17H27N2O5S-. The number of ether oxygens (including phenoxy) is 2. The number of nitrogens with one attached hydrogen (secondary N) is 2. The molecule has 7 nitrogen and oxygen atoms in total. The minimum atomic E-state index is -2.32. The molecule has 1 aromatic carbocycles. The third kappa shape index (κ3) is 11.4. The summed E-state index contributed by atoms with van der Waals surface area (Å²) in [5.74, 6) is 0.703. The van der Waals surface area contributed by atoms with Gasteiger partial charge in [0.1, 0.15) is 11.4 Å². The van der Waals surface area contributed by atoms with Crippen LogP contribution in [0, 0.1) is 0 Å². The maximum Gasteiger partial charge on any atom is 0.407 e. The van der Waals surface area contributed by atoms with Crippen LogP contribution in [-0.2, 0) is 16.0 Å². The summed E-state index contributed by atoms with van der Waals surface area (Å²) in [4.78, 5) is 11.4. The molecule has 8 heteroatoms. The average molecular weight is 371 g/mol. The summed E-state index contributed by atoms with van der Waals surface area (Å²) < 4.78 is 34.0. The fourth-order valence-electron chi connectivity index (χ4n) is 1.99. The maximum atomic E-state index is 11.4. The molecule has 1 atom stereocenters. The molecule has 1 rings (SSSR count). The summed E-state index contributed by atoms with van der Waals surface area (Å²) in [6.07, 6.45) is 3.43. The number of unbranched alkanes of at least 4 members (excludes halogenated alkanes) is 3. The number of hydrogen-bond donors (Lipinski definition) is 2. The summed E-state index contributed by atoms with van der Waals surface area (Å²) in [7, 11) is 0. The summed E-state index contributed by atoms with van der Waals surface area (Å²) in [6, 6.07) is 6.74. The van der Waals surface area contributed by atoms with Crippen molar-refractivity contribution in [3.05, 3.63) is 24.3 Å². The molecule has 0 spiro atoms. The zero-order valence-electron chi connectivity index (χ0n) is 15.0. The minimum absolute atomic E-state index is 0.380. The van der Waals surface area contributed by atoms with Gasteiger partial charge in [0.2, 0.25) is 0 Å². The predicted molar refractivity (Wildman–Crippen MR) is 97.2 cm³/mol. The van der Waals surface area contributed by atoms with Gasteiger partial charge in [-0.05, 0) is 57.9 Å². The van der Waals surface area contributed by atoms with E-state index in [1.54, 1.807) is 24.3 Å². The van der Waals surface area contributed by atoms with E-state index in [2.05, 4.69) is 10.0 Å². The summed E-state index contributed by atoms with van der Waals surface area (Å²) >= 11 is -2.32. The number of carbonyl (C=O) groups excluding carboxylic acids is 1. The van der Waals surface area contributed by atoms with Gasteiger partial charge in [-0.2, -0.15) is 0 Å². The Morgan fingerprint density at radius 3 is 2.36 bits per heavy atom. The zero-order chi connectivity index (χ0) is 18.7. The van der Waals surface area contributed by atoms with E-state index < -0.39 is 16.9 Å². The van der Waals surface area contributed by atoms with Crippen LogP contribution >= 0.6 is 0 Å². The highest BCUT2D eigenvalue weighted by Crippen LogP contribution is 2.16. The van der Waals surface area contributed by atoms with Gasteiger partial charge in [-0.25, -0.2) is 4.79 Å². The first-order valence-electron chi connectivity index (χ1n) is 8.32. The van der Waals surface area contributed by atoms with E-state index in [0.717, 1.165) is 25.7 Å². The second-order valence-electron chi connectivity index (χ2n) is 6.55. The number of benzene rings is 1. The highest BCUT2D eigenvalue weighted by atomic mass is 32.2. The van der Waals surface area contributed by atoms with Crippen molar-refractivity contribution in [3.63, 3.8) is 0 Å². The van der Waals surface area contributed by atoms with Gasteiger partial charge in [0, 0.05) is 23.5 Å². The van der Waals surface area contributed by atoms with E-state index in [1.807, 2.05) is 20.8 Å². The quantitative estimate of drug-likeness (QED) is 0.485. The molecule has 0 bridgehead atoms. The number of amides is 1. The molecule has 0 saturated heterocycles. The lowest BCUT2D eigenvalue weighted by Gasteiger charge is -2.19. The lowest BCUT2D eigenvalue weighted by atomic mass is 10.2. The largest absolute Gasteiger partial charge is 0.755 e. The number of anilines is 1. The monoisotopic (exact) mass is 371 g/mol. The van der Waals surface area contributed by atoms with Gasteiger partial charge in [0.05, 0.1) is 6.61 Å². The average Bonchev–Trinajstić information content (AvgIpc) is 2.49. The van der Waals surface area contributed by atoms with Crippen molar-refractivity contribution in [1.29, 1.82) is 0 Å². The Kier molecular flexibility index (Phi) is 9.30. The maximum absolute atomic E-state index is 11.4.